The summed E-state index contributed by atoms with van der Waals surface area (Å²) in [4.78, 5) is 21.0. The molecule has 0 aliphatic rings. The summed E-state index contributed by atoms with van der Waals surface area (Å²) in [6.07, 6.45) is 1.72. The van der Waals surface area contributed by atoms with Crippen LogP contribution in [0.1, 0.15) is 28.3 Å². The molecule has 2 aromatic heterocycles. The number of anilines is 2. The predicted octanol–water partition coefficient (Wildman–Crippen LogP) is 4.12. The van der Waals surface area contributed by atoms with E-state index >= 15 is 0 Å². The number of aromatic nitrogens is 4. The summed E-state index contributed by atoms with van der Waals surface area (Å²) < 4.78 is 0. The van der Waals surface area contributed by atoms with Crippen LogP contribution in [0.5, 0.6) is 0 Å². The van der Waals surface area contributed by atoms with E-state index < -0.39 is 0 Å². The number of H-pyrrole nitrogens is 1. The molecule has 2 heterocycles. The smallest absolute Gasteiger partial charge is 0.229 e. The number of thiocarbonyl (C=S) groups is 1. The summed E-state index contributed by atoms with van der Waals surface area (Å²) >= 11 is 7.29. The maximum Gasteiger partial charge on any atom is 0.229 e. The van der Waals surface area contributed by atoms with E-state index in [1.54, 1.807) is 18.1 Å². The highest BCUT2D eigenvalue weighted by molar-refractivity contribution is 7.98. The lowest BCUT2D eigenvalue weighted by Crippen LogP contribution is -2.39. The van der Waals surface area contributed by atoms with Gasteiger partial charge in [-0.3, -0.25) is 10.3 Å². The monoisotopic (exact) mass is 468 g/mol. The van der Waals surface area contributed by atoms with E-state index in [4.69, 9.17) is 12.2 Å². The first-order chi connectivity index (χ1) is 15.4. The molecule has 8 nitrogen and oxygen atoms in total. The Morgan fingerprint density at radius 3 is 2.53 bits per heavy atom. The number of aromatic amines is 1. The number of benzene rings is 1. The molecule has 0 aliphatic carbocycles. The van der Waals surface area contributed by atoms with Crippen LogP contribution in [0.3, 0.4) is 0 Å². The molecule has 0 atom stereocenters. The Bertz CT molecular complexity index is 1070. The van der Waals surface area contributed by atoms with Crippen LogP contribution in [0.4, 0.5) is 11.6 Å². The Morgan fingerprint density at radius 1 is 1.09 bits per heavy atom. The van der Waals surface area contributed by atoms with Gasteiger partial charge < -0.3 is 15.6 Å². The maximum absolute atomic E-state index is 5.51. The Labute approximate surface area is 198 Å². The zero-order chi connectivity index (χ0) is 22.9. The summed E-state index contributed by atoms with van der Waals surface area (Å²) in [6.45, 7) is 8.52. The van der Waals surface area contributed by atoms with Crippen molar-refractivity contribution in [2.75, 3.05) is 22.9 Å². The first-order valence-electron chi connectivity index (χ1n) is 10.2. The first kappa shape index (κ1) is 23.7. The molecule has 0 fully saturated rings. The molecule has 0 saturated carbocycles. The van der Waals surface area contributed by atoms with Crippen molar-refractivity contribution in [3.05, 3.63) is 65.0 Å². The van der Waals surface area contributed by atoms with E-state index in [0.29, 0.717) is 23.6 Å². The summed E-state index contributed by atoms with van der Waals surface area (Å²) in [5.74, 6) is 2.66. The molecule has 0 spiro atoms. The van der Waals surface area contributed by atoms with E-state index in [1.165, 1.54) is 0 Å². The number of imidazole rings is 1. The number of nitrogens with one attached hydrogen (secondary N) is 4. The van der Waals surface area contributed by atoms with Gasteiger partial charge in [0, 0.05) is 34.3 Å². The topological polar surface area (TPSA) is 103 Å². The van der Waals surface area contributed by atoms with Crippen molar-refractivity contribution in [2.45, 2.75) is 33.4 Å². The van der Waals surface area contributed by atoms with E-state index in [-0.39, 0.29) is 0 Å². The van der Waals surface area contributed by atoms with Crippen LogP contribution in [0.2, 0.25) is 0 Å². The zero-order valence-electron chi connectivity index (χ0n) is 18.7. The highest BCUT2D eigenvalue weighted by Gasteiger charge is 2.08. The normalized spacial score (nSPS) is 11.3. The molecule has 0 bridgehead atoms. The fourth-order valence-electron chi connectivity index (χ4n) is 2.90. The Hall–Kier alpha value is -2.98. The van der Waals surface area contributed by atoms with Crippen molar-refractivity contribution < 1.29 is 0 Å². The first-order valence-corrected chi connectivity index (χ1v) is 11.8. The Morgan fingerprint density at radius 2 is 1.84 bits per heavy atom. The average molecular weight is 469 g/mol. The molecule has 0 saturated heterocycles. The molecule has 32 heavy (non-hydrogen) atoms. The van der Waals surface area contributed by atoms with Gasteiger partial charge in [0.25, 0.3) is 0 Å². The number of aliphatic imine (C=N–C) groups is 1. The molecule has 3 aromatic rings. The number of thioether (sulfide) groups is 1. The number of rotatable bonds is 7. The van der Waals surface area contributed by atoms with Crippen LogP contribution in [0, 0.1) is 27.7 Å². The minimum atomic E-state index is 0.440. The van der Waals surface area contributed by atoms with Crippen molar-refractivity contribution in [3.8, 4) is 0 Å². The lowest BCUT2D eigenvalue weighted by Gasteiger charge is -2.15. The molecule has 3 rings (SSSR count). The van der Waals surface area contributed by atoms with Gasteiger partial charge in [-0.25, -0.2) is 15.0 Å². The average Bonchev–Trinajstić information content (AvgIpc) is 3.13. The number of hydrogen-bond acceptors (Lipinski definition) is 6. The SMILES string of the molecule is Cc1cc(C)nc(NC(=NCCSCc2nc[nH]c2C)NC(=S)Nc2ccccc2C)n1. The highest BCUT2D eigenvalue weighted by atomic mass is 32.2. The zero-order valence-corrected chi connectivity index (χ0v) is 20.3. The van der Waals surface area contributed by atoms with Gasteiger partial charge >= 0.3 is 0 Å². The van der Waals surface area contributed by atoms with Crippen molar-refractivity contribution >= 4 is 46.7 Å². The van der Waals surface area contributed by atoms with Gasteiger partial charge in [0.05, 0.1) is 18.6 Å². The van der Waals surface area contributed by atoms with Crippen LogP contribution in [0.15, 0.2) is 41.7 Å². The lowest BCUT2D eigenvalue weighted by molar-refractivity contribution is 1.05. The van der Waals surface area contributed by atoms with Crippen molar-refractivity contribution in [1.29, 1.82) is 0 Å². The number of aryl methyl sites for hydroxylation is 4. The molecule has 0 aliphatic heterocycles. The summed E-state index contributed by atoms with van der Waals surface area (Å²) in [6, 6.07) is 9.89. The van der Waals surface area contributed by atoms with Gasteiger partial charge in [-0.15, -0.1) is 0 Å². The quantitative estimate of drug-likeness (QED) is 0.178. The van der Waals surface area contributed by atoms with Gasteiger partial charge in [-0.1, -0.05) is 18.2 Å². The molecular formula is C22H28N8S2. The van der Waals surface area contributed by atoms with Crippen LogP contribution in [-0.4, -0.2) is 43.3 Å². The fourth-order valence-corrected chi connectivity index (χ4v) is 3.95. The summed E-state index contributed by atoms with van der Waals surface area (Å²) in [7, 11) is 0. The van der Waals surface area contributed by atoms with Crippen molar-refractivity contribution in [3.63, 3.8) is 0 Å². The second-order valence-corrected chi connectivity index (χ2v) is 8.76. The second kappa shape index (κ2) is 11.6. The van der Waals surface area contributed by atoms with Crippen molar-refractivity contribution in [1.82, 2.24) is 25.3 Å². The third kappa shape index (κ3) is 7.31. The lowest BCUT2D eigenvalue weighted by atomic mass is 10.2. The predicted molar refractivity (Wildman–Crippen MR) is 137 cm³/mol. The Kier molecular flexibility index (Phi) is 8.57. The summed E-state index contributed by atoms with van der Waals surface area (Å²) in [5, 5.41) is 9.97. The third-order valence-corrected chi connectivity index (χ3v) is 5.67. The van der Waals surface area contributed by atoms with Crippen LogP contribution in [-0.2, 0) is 5.75 Å². The van der Waals surface area contributed by atoms with Gasteiger partial charge in [0.1, 0.15) is 0 Å². The minimum absolute atomic E-state index is 0.440. The van der Waals surface area contributed by atoms with Gasteiger partial charge in [0.15, 0.2) is 5.11 Å². The molecule has 0 amide bonds. The molecule has 0 unspecified atom stereocenters. The molecule has 168 valence electrons. The maximum atomic E-state index is 5.51. The van der Waals surface area contributed by atoms with E-state index in [0.717, 1.165) is 45.5 Å². The number of nitrogens with zero attached hydrogens (tertiary/aromatic N) is 4. The Balaban J connectivity index is 1.64. The van der Waals surface area contributed by atoms with Crippen LogP contribution >= 0.6 is 24.0 Å². The van der Waals surface area contributed by atoms with Crippen molar-refractivity contribution in [2.24, 2.45) is 4.99 Å². The van der Waals surface area contributed by atoms with Crippen LogP contribution in [0.25, 0.3) is 0 Å². The molecule has 1 aromatic carbocycles. The largest absolute Gasteiger partial charge is 0.348 e. The fraction of sp³-hybridized carbons (Fsp3) is 0.318. The summed E-state index contributed by atoms with van der Waals surface area (Å²) in [5.41, 5.74) is 5.98. The highest BCUT2D eigenvalue weighted by Crippen LogP contribution is 2.13. The van der Waals surface area contributed by atoms with E-state index in [9.17, 15) is 0 Å². The van der Waals surface area contributed by atoms with Gasteiger partial charge in [-0.05, 0) is 57.6 Å². The standard InChI is InChI=1S/C22H28N8S2/c1-14-7-5-6-8-18(14)28-22(31)30-20(29-21-26-15(2)11-16(3)27-21)23-9-10-32-12-19-17(4)24-13-25-19/h5-8,11,13H,9-10,12H2,1-4H3,(H,24,25)(H3,23,26,27,28,29,30,31). The molecular weight excluding hydrogens is 440 g/mol. The van der Waals surface area contributed by atoms with Gasteiger partial charge in [-0.2, -0.15) is 11.8 Å². The number of guanidine groups is 1. The van der Waals surface area contributed by atoms with E-state index in [1.807, 2.05) is 58.0 Å². The van der Waals surface area contributed by atoms with Crippen LogP contribution < -0.4 is 16.0 Å². The third-order valence-electron chi connectivity index (χ3n) is 4.52. The molecule has 10 heteroatoms. The molecule has 0 radical (unpaired) electrons. The second-order valence-electron chi connectivity index (χ2n) is 7.25. The van der Waals surface area contributed by atoms with Gasteiger partial charge in [0.2, 0.25) is 11.9 Å². The number of para-hydroxylation sites is 1. The number of hydrogen-bond donors (Lipinski definition) is 4. The van der Waals surface area contributed by atoms with E-state index in [2.05, 4.69) is 40.9 Å². The molecule has 4 N–H and O–H groups in total. The minimum Gasteiger partial charge on any atom is -0.348 e.